The number of phenolic OH excluding ortho intramolecular Hbond substituents is 2. The van der Waals surface area contributed by atoms with Gasteiger partial charge in [0.25, 0.3) is 0 Å². The number of phenols is 2. The van der Waals surface area contributed by atoms with Crippen LogP contribution >= 0.6 is 0 Å². The summed E-state index contributed by atoms with van der Waals surface area (Å²) in [5.41, 5.74) is 0.595. The molecule has 5 nitrogen and oxygen atoms in total. The van der Waals surface area contributed by atoms with Crippen molar-refractivity contribution < 1.29 is 20.1 Å². The number of carbonyl (C=O) groups is 1. The Morgan fingerprint density at radius 3 is 2.64 bits per heavy atom. The van der Waals surface area contributed by atoms with Crippen LogP contribution in [0, 0.1) is 5.92 Å². The van der Waals surface area contributed by atoms with Crippen molar-refractivity contribution in [3.63, 3.8) is 0 Å². The third kappa shape index (κ3) is 6.35. The smallest absolute Gasteiger partial charge is 0.223 e. The van der Waals surface area contributed by atoms with Gasteiger partial charge in [0.05, 0.1) is 0 Å². The molecule has 1 rings (SSSR count). The van der Waals surface area contributed by atoms with Gasteiger partial charge in [0.2, 0.25) is 5.91 Å². The van der Waals surface area contributed by atoms with Gasteiger partial charge in [-0.05, 0) is 30.9 Å². The lowest BCUT2D eigenvalue weighted by atomic mass is 9.95. The van der Waals surface area contributed by atoms with Crippen molar-refractivity contribution in [3.8, 4) is 11.5 Å². The zero-order valence-corrected chi connectivity index (χ0v) is 13.2. The van der Waals surface area contributed by atoms with E-state index in [9.17, 15) is 15.0 Å². The predicted molar refractivity (Wildman–Crippen MR) is 85.8 cm³/mol. The summed E-state index contributed by atoms with van der Waals surface area (Å²) in [6.07, 6.45) is 5.06. The number of hydrogen-bond acceptors (Lipinski definition) is 4. The van der Waals surface area contributed by atoms with E-state index >= 15 is 0 Å². The van der Waals surface area contributed by atoms with Crippen LogP contribution in [0.3, 0.4) is 0 Å². The van der Waals surface area contributed by atoms with Gasteiger partial charge in [-0.1, -0.05) is 32.3 Å². The Balaban J connectivity index is 2.54. The lowest BCUT2D eigenvalue weighted by Gasteiger charge is -2.16. The Bertz CT molecular complexity index is 462. The molecule has 0 bridgehead atoms. The van der Waals surface area contributed by atoms with E-state index in [4.69, 9.17) is 5.11 Å². The third-order valence-corrected chi connectivity index (χ3v) is 3.71. The van der Waals surface area contributed by atoms with Crippen molar-refractivity contribution in [1.29, 1.82) is 0 Å². The van der Waals surface area contributed by atoms with Gasteiger partial charge in [-0.2, -0.15) is 0 Å². The van der Waals surface area contributed by atoms with E-state index in [1.165, 1.54) is 12.1 Å². The van der Waals surface area contributed by atoms with Gasteiger partial charge in [-0.25, -0.2) is 0 Å². The second-order valence-corrected chi connectivity index (χ2v) is 5.58. The van der Waals surface area contributed by atoms with Crippen LogP contribution < -0.4 is 5.32 Å². The van der Waals surface area contributed by atoms with Gasteiger partial charge in [-0.15, -0.1) is 0 Å². The summed E-state index contributed by atoms with van der Waals surface area (Å²) in [5, 5.41) is 31.1. The van der Waals surface area contributed by atoms with Crippen LogP contribution in [0.15, 0.2) is 18.2 Å². The second-order valence-electron chi connectivity index (χ2n) is 5.58. The average molecular weight is 309 g/mol. The van der Waals surface area contributed by atoms with Gasteiger partial charge >= 0.3 is 0 Å². The van der Waals surface area contributed by atoms with Crippen LogP contribution in [0.25, 0.3) is 0 Å². The second kappa shape index (κ2) is 10.1. The summed E-state index contributed by atoms with van der Waals surface area (Å²) in [6.45, 7) is 2.70. The van der Waals surface area contributed by atoms with E-state index in [-0.39, 0.29) is 29.9 Å². The number of hydrogen-bond donors (Lipinski definition) is 4. The molecular formula is C17H27NO4. The molecule has 0 aliphatic rings. The molecule has 0 radical (unpaired) electrons. The number of aliphatic hydroxyl groups excluding tert-OH is 1. The largest absolute Gasteiger partial charge is 0.508 e. The minimum Gasteiger partial charge on any atom is -0.508 e. The SMILES string of the molecule is CCCCCCNC(=O)C(CCO)Cc1ccc(O)cc1O. The lowest BCUT2D eigenvalue weighted by molar-refractivity contribution is -0.125. The molecule has 1 unspecified atom stereocenters. The molecule has 0 heterocycles. The molecular weight excluding hydrogens is 282 g/mol. The minimum atomic E-state index is -0.383. The topological polar surface area (TPSA) is 89.8 Å². The van der Waals surface area contributed by atoms with Gasteiger partial charge in [-0.3, -0.25) is 4.79 Å². The van der Waals surface area contributed by atoms with E-state index < -0.39 is 0 Å². The molecule has 5 heteroatoms. The van der Waals surface area contributed by atoms with Gasteiger partial charge in [0, 0.05) is 25.1 Å². The molecule has 4 N–H and O–H groups in total. The Morgan fingerprint density at radius 1 is 1.23 bits per heavy atom. The van der Waals surface area contributed by atoms with E-state index in [1.807, 2.05) is 0 Å². The van der Waals surface area contributed by atoms with Crippen molar-refractivity contribution in [3.05, 3.63) is 23.8 Å². The monoisotopic (exact) mass is 309 g/mol. The van der Waals surface area contributed by atoms with Gasteiger partial charge in [0.15, 0.2) is 0 Å². The summed E-state index contributed by atoms with van der Waals surface area (Å²) in [5.74, 6) is -0.524. The highest BCUT2D eigenvalue weighted by Crippen LogP contribution is 2.25. The van der Waals surface area contributed by atoms with Crippen LogP contribution in [0.5, 0.6) is 11.5 Å². The first-order valence-electron chi connectivity index (χ1n) is 7.97. The quantitative estimate of drug-likeness (QED) is 0.499. The lowest BCUT2D eigenvalue weighted by Crippen LogP contribution is -2.33. The summed E-state index contributed by atoms with van der Waals surface area (Å²) < 4.78 is 0. The summed E-state index contributed by atoms with van der Waals surface area (Å²) >= 11 is 0. The molecule has 0 aromatic heterocycles. The van der Waals surface area contributed by atoms with Gasteiger partial charge < -0.3 is 20.6 Å². The Kier molecular flexibility index (Phi) is 8.36. The van der Waals surface area contributed by atoms with Crippen LogP contribution in [-0.2, 0) is 11.2 Å². The summed E-state index contributed by atoms with van der Waals surface area (Å²) in [4.78, 5) is 12.2. The number of carbonyl (C=O) groups excluding carboxylic acids is 1. The van der Waals surface area contributed by atoms with E-state index in [2.05, 4.69) is 12.2 Å². The average Bonchev–Trinajstić information content (AvgIpc) is 2.49. The number of aromatic hydroxyl groups is 2. The number of aliphatic hydroxyl groups is 1. The number of amides is 1. The van der Waals surface area contributed by atoms with Crippen LogP contribution in [0.1, 0.15) is 44.6 Å². The highest BCUT2D eigenvalue weighted by molar-refractivity contribution is 5.79. The molecule has 1 atom stereocenters. The number of unbranched alkanes of at least 4 members (excludes halogenated alkanes) is 3. The molecule has 1 amide bonds. The molecule has 0 spiro atoms. The fourth-order valence-electron chi connectivity index (χ4n) is 2.38. The number of benzene rings is 1. The number of rotatable bonds is 10. The first kappa shape index (κ1) is 18.3. The molecule has 1 aromatic rings. The molecule has 22 heavy (non-hydrogen) atoms. The predicted octanol–water partition coefficient (Wildman–Crippen LogP) is 2.34. The van der Waals surface area contributed by atoms with Gasteiger partial charge in [0.1, 0.15) is 11.5 Å². The van der Waals surface area contributed by atoms with Crippen LogP contribution in [-0.4, -0.2) is 34.4 Å². The molecule has 0 fully saturated rings. The molecule has 0 aliphatic carbocycles. The van der Waals surface area contributed by atoms with E-state index in [1.54, 1.807) is 6.07 Å². The fourth-order valence-corrected chi connectivity index (χ4v) is 2.38. The maximum absolute atomic E-state index is 12.2. The number of nitrogens with one attached hydrogen (secondary N) is 1. The summed E-state index contributed by atoms with van der Waals surface area (Å²) in [6, 6.07) is 4.34. The molecule has 0 aliphatic heterocycles. The van der Waals surface area contributed by atoms with Crippen LogP contribution in [0.2, 0.25) is 0 Å². The molecule has 1 aromatic carbocycles. The molecule has 0 saturated heterocycles. The van der Waals surface area contributed by atoms with E-state index in [0.29, 0.717) is 24.9 Å². The Labute approximate surface area is 132 Å². The minimum absolute atomic E-state index is 0.0136. The highest BCUT2D eigenvalue weighted by Gasteiger charge is 2.19. The van der Waals surface area contributed by atoms with Crippen molar-refractivity contribution in [2.45, 2.75) is 45.4 Å². The highest BCUT2D eigenvalue weighted by atomic mass is 16.3. The van der Waals surface area contributed by atoms with Crippen molar-refractivity contribution in [2.75, 3.05) is 13.2 Å². The maximum atomic E-state index is 12.2. The Hall–Kier alpha value is -1.75. The standard InChI is InChI=1S/C17H27NO4/c1-2-3-4-5-9-18-17(22)14(8-10-19)11-13-6-7-15(20)12-16(13)21/h6-7,12,14,19-21H,2-5,8-11H2,1H3,(H,18,22). The third-order valence-electron chi connectivity index (χ3n) is 3.71. The van der Waals surface area contributed by atoms with Crippen molar-refractivity contribution >= 4 is 5.91 Å². The van der Waals surface area contributed by atoms with Crippen molar-refractivity contribution in [2.24, 2.45) is 5.92 Å². The molecule has 0 saturated carbocycles. The first-order chi connectivity index (χ1) is 10.6. The fraction of sp³-hybridized carbons (Fsp3) is 0.588. The zero-order valence-electron chi connectivity index (χ0n) is 13.2. The normalized spacial score (nSPS) is 12.1. The summed E-state index contributed by atoms with van der Waals surface area (Å²) in [7, 11) is 0. The molecule has 124 valence electrons. The van der Waals surface area contributed by atoms with Crippen molar-refractivity contribution in [1.82, 2.24) is 5.32 Å². The van der Waals surface area contributed by atoms with E-state index in [0.717, 1.165) is 25.7 Å². The zero-order chi connectivity index (χ0) is 16.4. The van der Waals surface area contributed by atoms with Crippen LogP contribution in [0.4, 0.5) is 0 Å². The first-order valence-corrected chi connectivity index (χ1v) is 7.97. The maximum Gasteiger partial charge on any atom is 0.223 e. The Morgan fingerprint density at radius 2 is 2.00 bits per heavy atom.